The number of aldehydes is 1. The Morgan fingerprint density at radius 1 is 1.00 bits per heavy atom. The van der Waals surface area contributed by atoms with Crippen LogP contribution in [-0.4, -0.2) is 11.3 Å². The van der Waals surface area contributed by atoms with Gasteiger partial charge in [-0.3, -0.25) is 0 Å². The monoisotopic (exact) mass is 248 g/mol. The van der Waals surface area contributed by atoms with Crippen molar-refractivity contribution in [2.45, 2.75) is 6.04 Å². The molecule has 0 saturated heterocycles. The number of aromatic amines is 1. The molecule has 3 nitrogen and oxygen atoms in total. The third-order valence-electron chi connectivity index (χ3n) is 3.70. The summed E-state index contributed by atoms with van der Waals surface area (Å²) in [7, 11) is 0. The molecule has 0 fully saturated rings. The fraction of sp³-hybridized carbons (Fsp3) is 0.0625. The Labute approximate surface area is 110 Å². The van der Waals surface area contributed by atoms with Crippen molar-refractivity contribution in [3.63, 3.8) is 0 Å². The Morgan fingerprint density at radius 2 is 1.79 bits per heavy atom. The minimum Gasteiger partial charge on any atom is -0.371 e. The minimum atomic E-state index is -0.291. The van der Waals surface area contributed by atoms with Gasteiger partial charge in [-0.15, -0.1) is 0 Å². The predicted molar refractivity (Wildman–Crippen MR) is 76.2 cm³/mol. The molecule has 3 heteroatoms. The van der Waals surface area contributed by atoms with E-state index >= 15 is 0 Å². The normalized spacial score (nSPS) is 16.5. The van der Waals surface area contributed by atoms with Crippen LogP contribution in [0, 0.1) is 0 Å². The number of hydrogen-bond acceptors (Lipinski definition) is 2. The number of hydrogen-bond donors (Lipinski definition) is 2. The average molecular weight is 248 g/mol. The number of nitrogens with one attached hydrogen (secondary N) is 2. The Morgan fingerprint density at radius 3 is 2.68 bits per heavy atom. The summed E-state index contributed by atoms with van der Waals surface area (Å²) in [5, 5.41) is 4.40. The third kappa shape index (κ3) is 1.35. The lowest BCUT2D eigenvalue weighted by molar-refractivity contribution is -0.108. The van der Waals surface area contributed by atoms with Gasteiger partial charge in [0.1, 0.15) is 12.3 Å². The van der Waals surface area contributed by atoms with Gasteiger partial charge in [0.05, 0.1) is 5.69 Å². The standard InChI is InChI=1S/C16H12N2O/c19-9-14-15-10-5-1-3-7-12(10)18-16(15)11-6-2-4-8-13(11)17-14/h1-9,14,17-18H. The van der Waals surface area contributed by atoms with E-state index in [4.69, 9.17) is 0 Å². The summed E-state index contributed by atoms with van der Waals surface area (Å²) < 4.78 is 0. The summed E-state index contributed by atoms with van der Waals surface area (Å²) in [5.74, 6) is 0. The van der Waals surface area contributed by atoms with Gasteiger partial charge in [0.15, 0.2) is 0 Å². The molecule has 0 radical (unpaired) electrons. The van der Waals surface area contributed by atoms with E-state index in [2.05, 4.69) is 22.4 Å². The smallest absolute Gasteiger partial charge is 0.146 e. The molecule has 1 unspecified atom stereocenters. The highest BCUT2D eigenvalue weighted by atomic mass is 16.1. The SMILES string of the molecule is O=CC1Nc2ccccc2-c2[nH]c3ccccc3c21. The molecular weight excluding hydrogens is 236 g/mol. The van der Waals surface area contributed by atoms with E-state index in [0.29, 0.717) is 0 Å². The van der Waals surface area contributed by atoms with E-state index in [0.717, 1.165) is 39.7 Å². The molecule has 3 aromatic rings. The molecule has 0 bridgehead atoms. The molecule has 92 valence electrons. The number of anilines is 1. The molecule has 19 heavy (non-hydrogen) atoms. The number of para-hydroxylation sites is 2. The Bertz CT molecular complexity index is 788. The quantitative estimate of drug-likeness (QED) is 0.647. The van der Waals surface area contributed by atoms with Gasteiger partial charge in [-0.2, -0.15) is 0 Å². The second kappa shape index (κ2) is 3.72. The van der Waals surface area contributed by atoms with Gasteiger partial charge < -0.3 is 15.1 Å². The van der Waals surface area contributed by atoms with Crippen LogP contribution in [-0.2, 0) is 4.79 Å². The van der Waals surface area contributed by atoms with E-state index in [1.807, 2.05) is 36.4 Å². The van der Waals surface area contributed by atoms with Crippen LogP contribution in [0.25, 0.3) is 22.2 Å². The first-order chi connectivity index (χ1) is 9.38. The molecule has 0 saturated carbocycles. The maximum Gasteiger partial charge on any atom is 0.146 e. The van der Waals surface area contributed by atoms with Crippen LogP contribution in [0.1, 0.15) is 11.6 Å². The Hall–Kier alpha value is -2.55. The molecule has 1 aromatic heterocycles. The Kier molecular flexibility index (Phi) is 2.03. The summed E-state index contributed by atoms with van der Waals surface area (Å²) in [4.78, 5) is 14.8. The molecule has 2 heterocycles. The largest absolute Gasteiger partial charge is 0.371 e. The molecule has 0 spiro atoms. The summed E-state index contributed by atoms with van der Waals surface area (Å²) >= 11 is 0. The van der Waals surface area contributed by atoms with Crippen molar-refractivity contribution in [2.75, 3.05) is 5.32 Å². The lowest BCUT2D eigenvalue weighted by Crippen LogP contribution is -2.17. The number of carbonyl (C=O) groups is 1. The first-order valence-electron chi connectivity index (χ1n) is 6.30. The summed E-state index contributed by atoms with van der Waals surface area (Å²) in [5.41, 5.74) is 5.28. The van der Waals surface area contributed by atoms with Crippen molar-refractivity contribution >= 4 is 22.9 Å². The summed E-state index contributed by atoms with van der Waals surface area (Å²) in [6.45, 7) is 0. The molecule has 2 N–H and O–H groups in total. The molecule has 1 aliphatic rings. The van der Waals surface area contributed by atoms with E-state index < -0.39 is 0 Å². The molecule has 4 rings (SSSR count). The predicted octanol–water partition coefficient (Wildman–Crippen LogP) is 3.50. The van der Waals surface area contributed by atoms with Crippen molar-refractivity contribution in [3.05, 3.63) is 54.1 Å². The highest BCUT2D eigenvalue weighted by Crippen LogP contribution is 2.42. The minimum absolute atomic E-state index is 0.291. The molecule has 0 amide bonds. The number of rotatable bonds is 1. The van der Waals surface area contributed by atoms with Crippen molar-refractivity contribution in [1.82, 2.24) is 4.98 Å². The molecule has 1 atom stereocenters. The highest BCUT2D eigenvalue weighted by Gasteiger charge is 2.27. The zero-order valence-electron chi connectivity index (χ0n) is 10.2. The topological polar surface area (TPSA) is 44.9 Å². The van der Waals surface area contributed by atoms with Crippen molar-refractivity contribution in [3.8, 4) is 11.3 Å². The van der Waals surface area contributed by atoms with Gasteiger partial charge in [0, 0.05) is 27.7 Å². The maximum absolute atomic E-state index is 11.4. The number of benzene rings is 2. The molecular formula is C16H12N2O. The van der Waals surface area contributed by atoms with Crippen LogP contribution in [0.4, 0.5) is 5.69 Å². The van der Waals surface area contributed by atoms with E-state index in [1.165, 1.54) is 0 Å². The second-order valence-corrected chi connectivity index (χ2v) is 4.76. The van der Waals surface area contributed by atoms with Gasteiger partial charge in [-0.1, -0.05) is 36.4 Å². The van der Waals surface area contributed by atoms with Crippen LogP contribution in [0.2, 0.25) is 0 Å². The van der Waals surface area contributed by atoms with Crippen LogP contribution < -0.4 is 5.32 Å². The number of aromatic nitrogens is 1. The first kappa shape index (κ1) is 10.4. The molecule has 1 aliphatic heterocycles. The molecule has 2 aromatic carbocycles. The third-order valence-corrected chi connectivity index (χ3v) is 3.70. The van der Waals surface area contributed by atoms with E-state index in [9.17, 15) is 4.79 Å². The van der Waals surface area contributed by atoms with Crippen molar-refractivity contribution < 1.29 is 4.79 Å². The van der Waals surface area contributed by atoms with E-state index in [-0.39, 0.29) is 6.04 Å². The molecule has 0 aliphatic carbocycles. The van der Waals surface area contributed by atoms with Gasteiger partial charge in [-0.05, 0) is 12.1 Å². The summed E-state index contributed by atoms with van der Waals surface area (Å²) in [6, 6.07) is 15.9. The maximum atomic E-state index is 11.4. The fourth-order valence-corrected chi connectivity index (χ4v) is 2.87. The van der Waals surface area contributed by atoms with Crippen LogP contribution >= 0.6 is 0 Å². The lowest BCUT2D eigenvalue weighted by atomic mass is 9.94. The Balaban J connectivity index is 2.12. The zero-order chi connectivity index (χ0) is 12.8. The van der Waals surface area contributed by atoms with Gasteiger partial charge in [0.2, 0.25) is 0 Å². The van der Waals surface area contributed by atoms with Crippen LogP contribution in [0.15, 0.2) is 48.5 Å². The highest BCUT2D eigenvalue weighted by molar-refractivity contribution is 5.99. The zero-order valence-corrected chi connectivity index (χ0v) is 10.2. The van der Waals surface area contributed by atoms with Crippen molar-refractivity contribution in [1.29, 1.82) is 0 Å². The second-order valence-electron chi connectivity index (χ2n) is 4.76. The lowest BCUT2D eigenvalue weighted by Gasteiger charge is -2.23. The van der Waals surface area contributed by atoms with Crippen LogP contribution in [0.3, 0.4) is 0 Å². The van der Waals surface area contributed by atoms with Gasteiger partial charge in [-0.25, -0.2) is 0 Å². The van der Waals surface area contributed by atoms with Gasteiger partial charge in [0.25, 0.3) is 0 Å². The summed E-state index contributed by atoms with van der Waals surface area (Å²) in [6.07, 6.45) is 0.967. The van der Waals surface area contributed by atoms with Gasteiger partial charge >= 0.3 is 0 Å². The number of H-pyrrole nitrogens is 1. The van der Waals surface area contributed by atoms with Crippen molar-refractivity contribution in [2.24, 2.45) is 0 Å². The van der Waals surface area contributed by atoms with Crippen LogP contribution in [0.5, 0.6) is 0 Å². The number of carbonyl (C=O) groups excluding carboxylic acids is 1. The fourth-order valence-electron chi connectivity index (χ4n) is 2.87. The average Bonchev–Trinajstić information content (AvgIpc) is 2.86. The van der Waals surface area contributed by atoms with E-state index in [1.54, 1.807) is 0 Å². The number of fused-ring (bicyclic) bond motifs is 5. The first-order valence-corrected chi connectivity index (χ1v) is 6.30.